The van der Waals surface area contributed by atoms with E-state index in [1.807, 2.05) is 17.7 Å². The summed E-state index contributed by atoms with van der Waals surface area (Å²) in [4.78, 5) is 4.12. The highest BCUT2D eigenvalue weighted by atomic mass is 127. The molecule has 0 radical (unpaired) electrons. The second-order valence-electron chi connectivity index (χ2n) is 3.45. The molecule has 4 heteroatoms. The summed E-state index contributed by atoms with van der Waals surface area (Å²) in [6.45, 7) is 1.96. The average molecular weight is 313 g/mol. The van der Waals surface area contributed by atoms with Crippen LogP contribution in [0.2, 0.25) is 0 Å². The second-order valence-corrected chi connectivity index (χ2v) is 4.70. The van der Waals surface area contributed by atoms with Crippen LogP contribution in [0.5, 0.6) is 0 Å². The van der Waals surface area contributed by atoms with E-state index < -0.39 is 0 Å². The molecule has 3 nitrogen and oxygen atoms in total. The predicted molar refractivity (Wildman–Crippen MR) is 68.9 cm³/mol. The summed E-state index contributed by atoms with van der Waals surface area (Å²) in [5.74, 6) is 0. The molecule has 0 spiro atoms. The summed E-state index contributed by atoms with van der Waals surface area (Å²) in [6, 6.07) is 8.26. The van der Waals surface area contributed by atoms with Gasteiger partial charge < -0.3 is 10.3 Å². The summed E-state index contributed by atoms with van der Waals surface area (Å²) in [5.41, 5.74) is 7.99. The Balaban J connectivity index is 2.45. The maximum absolute atomic E-state index is 5.86. The van der Waals surface area contributed by atoms with Crippen LogP contribution in [0.25, 0.3) is 5.69 Å². The first kappa shape index (κ1) is 10.6. The Labute approximate surface area is 102 Å². The van der Waals surface area contributed by atoms with E-state index in [1.165, 1.54) is 3.57 Å². The molecule has 1 heterocycles. The standard InChI is InChI=1S/C11H12IN3/c1-8(13)11-6-14-7-15(11)10-4-2-9(12)3-5-10/h2-8H,13H2,1H3/t8-/m0/s1. The quantitative estimate of drug-likeness (QED) is 0.866. The van der Waals surface area contributed by atoms with Gasteiger partial charge in [-0.05, 0) is 53.8 Å². The molecule has 1 atom stereocenters. The van der Waals surface area contributed by atoms with Crippen molar-refractivity contribution in [3.05, 3.63) is 46.1 Å². The lowest BCUT2D eigenvalue weighted by atomic mass is 10.2. The van der Waals surface area contributed by atoms with Crippen molar-refractivity contribution >= 4 is 22.6 Å². The van der Waals surface area contributed by atoms with E-state index in [4.69, 9.17) is 5.73 Å². The highest BCUT2D eigenvalue weighted by Gasteiger charge is 2.07. The maximum Gasteiger partial charge on any atom is 0.0994 e. The fourth-order valence-corrected chi connectivity index (χ4v) is 1.82. The van der Waals surface area contributed by atoms with E-state index in [1.54, 1.807) is 6.33 Å². The van der Waals surface area contributed by atoms with E-state index in [9.17, 15) is 0 Å². The Bertz CT molecular complexity index is 445. The van der Waals surface area contributed by atoms with Crippen molar-refractivity contribution in [1.82, 2.24) is 9.55 Å². The number of imidazole rings is 1. The monoisotopic (exact) mass is 313 g/mol. The predicted octanol–water partition coefficient (Wildman–Crippen LogP) is 2.50. The number of benzene rings is 1. The Kier molecular flexibility index (Phi) is 3.06. The van der Waals surface area contributed by atoms with Crippen LogP contribution in [0.3, 0.4) is 0 Å². The van der Waals surface area contributed by atoms with Crippen molar-refractivity contribution in [3.63, 3.8) is 0 Å². The van der Waals surface area contributed by atoms with E-state index in [-0.39, 0.29) is 6.04 Å². The normalized spacial score (nSPS) is 12.7. The molecule has 0 aliphatic heterocycles. The van der Waals surface area contributed by atoms with Crippen LogP contribution in [-0.4, -0.2) is 9.55 Å². The lowest BCUT2D eigenvalue weighted by molar-refractivity contribution is 0.752. The van der Waals surface area contributed by atoms with Crippen LogP contribution >= 0.6 is 22.6 Å². The highest BCUT2D eigenvalue weighted by Crippen LogP contribution is 2.16. The first-order valence-corrected chi connectivity index (χ1v) is 5.80. The van der Waals surface area contributed by atoms with Crippen molar-refractivity contribution in [3.8, 4) is 5.69 Å². The van der Waals surface area contributed by atoms with Gasteiger partial charge in [0.1, 0.15) is 0 Å². The number of nitrogens with zero attached hydrogens (tertiary/aromatic N) is 2. The first-order valence-electron chi connectivity index (χ1n) is 4.72. The molecule has 78 valence electrons. The number of rotatable bonds is 2. The second kappa shape index (κ2) is 4.32. The third-order valence-electron chi connectivity index (χ3n) is 2.24. The van der Waals surface area contributed by atoms with Crippen LogP contribution in [0.4, 0.5) is 0 Å². The van der Waals surface area contributed by atoms with Gasteiger partial charge in [-0.3, -0.25) is 0 Å². The first-order chi connectivity index (χ1) is 7.18. The van der Waals surface area contributed by atoms with Gasteiger partial charge in [-0.25, -0.2) is 4.98 Å². The highest BCUT2D eigenvalue weighted by molar-refractivity contribution is 14.1. The molecule has 2 aromatic rings. The van der Waals surface area contributed by atoms with E-state index in [2.05, 4.69) is 51.8 Å². The van der Waals surface area contributed by atoms with Crippen LogP contribution in [0.1, 0.15) is 18.7 Å². The maximum atomic E-state index is 5.86. The molecule has 0 saturated heterocycles. The van der Waals surface area contributed by atoms with Crippen molar-refractivity contribution in [2.45, 2.75) is 13.0 Å². The van der Waals surface area contributed by atoms with Crippen molar-refractivity contribution < 1.29 is 0 Å². The van der Waals surface area contributed by atoms with Crippen LogP contribution in [0.15, 0.2) is 36.8 Å². The van der Waals surface area contributed by atoms with Gasteiger partial charge in [-0.1, -0.05) is 0 Å². The van der Waals surface area contributed by atoms with Gasteiger partial charge in [-0.15, -0.1) is 0 Å². The third-order valence-corrected chi connectivity index (χ3v) is 2.96. The molecule has 1 aromatic carbocycles. The summed E-state index contributed by atoms with van der Waals surface area (Å²) in [5, 5.41) is 0. The van der Waals surface area contributed by atoms with Gasteiger partial charge in [-0.2, -0.15) is 0 Å². The summed E-state index contributed by atoms with van der Waals surface area (Å²) >= 11 is 2.29. The van der Waals surface area contributed by atoms with Crippen molar-refractivity contribution in [2.24, 2.45) is 5.73 Å². The topological polar surface area (TPSA) is 43.8 Å². The zero-order valence-electron chi connectivity index (χ0n) is 8.39. The summed E-state index contributed by atoms with van der Waals surface area (Å²) in [7, 11) is 0. The van der Waals surface area contributed by atoms with Gasteiger partial charge in [0, 0.05) is 15.3 Å². The Hall–Kier alpha value is -0.880. The molecule has 2 rings (SSSR count). The van der Waals surface area contributed by atoms with Gasteiger partial charge >= 0.3 is 0 Å². The fourth-order valence-electron chi connectivity index (χ4n) is 1.46. The molecular formula is C11H12IN3. The van der Waals surface area contributed by atoms with E-state index in [0.29, 0.717) is 0 Å². The van der Waals surface area contributed by atoms with E-state index in [0.717, 1.165) is 11.4 Å². The fraction of sp³-hybridized carbons (Fsp3) is 0.182. The molecular weight excluding hydrogens is 301 g/mol. The number of hydrogen-bond donors (Lipinski definition) is 1. The van der Waals surface area contributed by atoms with Crippen molar-refractivity contribution in [1.29, 1.82) is 0 Å². The largest absolute Gasteiger partial charge is 0.323 e. The molecule has 1 aromatic heterocycles. The SMILES string of the molecule is C[C@H](N)c1cncn1-c1ccc(I)cc1. The molecule has 0 bridgehead atoms. The molecule has 0 unspecified atom stereocenters. The Morgan fingerprint density at radius 1 is 1.33 bits per heavy atom. The number of aromatic nitrogens is 2. The number of nitrogens with two attached hydrogens (primary N) is 1. The minimum Gasteiger partial charge on any atom is -0.323 e. The van der Waals surface area contributed by atoms with Crippen LogP contribution < -0.4 is 5.73 Å². The summed E-state index contributed by atoms with van der Waals surface area (Å²) in [6.07, 6.45) is 3.60. The third kappa shape index (κ3) is 2.21. The number of halogens is 1. The molecule has 0 aliphatic carbocycles. The zero-order valence-corrected chi connectivity index (χ0v) is 10.5. The molecule has 0 aliphatic rings. The van der Waals surface area contributed by atoms with E-state index >= 15 is 0 Å². The minimum atomic E-state index is -0.00761. The van der Waals surface area contributed by atoms with Crippen LogP contribution in [-0.2, 0) is 0 Å². The molecule has 0 fully saturated rings. The van der Waals surface area contributed by atoms with Crippen molar-refractivity contribution in [2.75, 3.05) is 0 Å². The molecule has 0 saturated carbocycles. The van der Waals surface area contributed by atoms with Gasteiger partial charge in [0.2, 0.25) is 0 Å². The smallest absolute Gasteiger partial charge is 0.0994 e. The Morgan fingerprint density at radius 3 is 2.60 bits per heavy atom. The van der Waals surface area contributed by atoms with Crippen LogP contribution in [0, 0.1) is 3.57 Å². The number of hydrogen-bond acceptors (Lipinski definition) is 2. The zero-order chi connectivity index (χ0) is 10.8. The molecule has 15 heavy (non-hydrogen) atoms. The molecule has 2 N–H and O–H groups in total. The van der Waals surface area contributed by atoms with Gasteiger partial charge in [0.05, 0.1) is 18.2 Å². The van der Waals surface area contributed by atoms with Gasteiger partial charge in [0.15, 0.2) is 0 Å². The summed E-state index contributed by atoms with van der Waals surface area (Å²) < 4.78 is 3.24. The minimum absolute atomic E-state index is 0.00761. The lowest BCUT2D eigenvalue weighted by Crippen LogP contribution is -2.10. The van der Waals surface area contributed by atoms with Gasteiger partial charge in [0.25, 0.3) is 0 Å². The average Bonchev–Trinajstić information content (AvgIpc) is 2.67. The molecule has 0 amide bonds. The Morgan fingerprint density at radius 2 is 2.00 bits per heavy atom. The lowest BCUT2D eigenvalue weighted by Gasteiger charge is -2.10.